The zero-order valence-electron chi connectivity index (χ0n) is 9.54. The van der Waals surface area contributed by atoms with E-state index in [4.69, 9.17) is 4.98 Å². The van der Waals surface area contributed by atoms with Crippen molar-refractivity contribution in [3.63, 3.8) is 0 Å². The Kier molecular flexibility index (Phi) is 3.38. The molecule has 84 valence electrons. The third kappa shape index (κ3) is 2.74. The minimum atomic E-state index is 0.177. The van der Waals surface area contributed by atoms with E-state index in [1.807, 2.05) is 11.8 Å². The summed E-state index contributed by atoms with van der Waals surface area (Å²) in [5.74, 6) is 2.39. The van der Waals surface area contributed by atoms with E-state index in [9.17, 15) is 0 Å². The Morgan fingerprint density at radius 1 is 1.47 bits per heavy atom. The second-order valence-electron chi connectivity index (χ2n) is 4.90. The predicted octanol–water partition coefficient (Wildman–Crippen LogP) is 2.82. The van der Waals surface area contributed by atoms with Crippen LogP contribution in [-0.4, -0.2) is 23.0 Å². The number of hydrogen-bond donors (Lipinski definition) is 1. The zero-order chi connectivity index (χ0) is 10.9. The van der Waals surface area contributed by atoms with Crippen molar-refractivity contribution < 1.29 is 0 Å². The largest absolute Gasteiger partial charge is 0.306 e. The second kappa shape index (κ2) is 4.44. The summed E-state index contributed by atoms with van der Waals surface area (Å²) in [4.78, 5) is 4.75. The fourth-order valence-electron chi connectivity index (χ4n) is 1.52. The van der Waals surface area contributed by atoms with Gasteiger partial charge in [-0.1, -0.05) is 20.8 Å². The molecule has 0 aliphatic carbocycles. The van der Waals surface area contributed by atoms with Gasteiger partial charge in [-0.15, -0.1) is 11.3 Å². The van der Waals surface area contributed by atoms with Crippen LogP contribution in [0.15, 0.2) is 5.38 Å². The lowest BCUT2D eigenvalue weighted by Crippen LogP contribution is -2.30. The number of aromatic nitrogens is 1. The van der Waals surface area contributed by atoms with Gasteiger partial charge in [-0.05, 0) is 0 Å². The molecule has 2 rings (SSSR count). The number of nitrogens with zero attached hydrogens (tertiary/aromatic N) is 1. The van der Waals surface area contributed by atoms with Gasteiger partial charge in [0, 0.05) is 28.8 Å². The number of thioether (sulfide) groups is 1. The van der Waals surface area contributed by atoms with Crippen LogP contribution in [0.5, 0.6) is 0 Å². The Bertz CT molecular complexity index is 322. The highest BCUT2D eigenvalue weighted by molar-refractivity contribution is 7.99. The molecular formula is C11H18N2S2. The fourth-order valence-corrected chi connectivity index (χ4v) is 3.68. The van der Waals surface area contributed by atoms with Crippen LogP contribution in [-0.2, 0) is 5.41 Å². The monoisotopic (exact) mass is 242 g/mol. The minimum Gasteiger partial charge on any atom is -0.306 e. The van der Waals surface area contributed by atoms with Crippen LogP contribution in [0.25, 0.3) is 0 Å². The maximum atomic E-state index is 4.75. The summed E-state index contributed by atoms with van der Waals surface area (Å²) >= 11 is 3.81. The van der Waals surface area contributed by atoms with Crippen molar-refractivity contribution >= 4 is 23.1 Å². The van der Waals surface area contributed by atoms with Crippen molar-refractivity contribution in [2.75, 3.05) is 18.1 Å². The van der Waals surface area contributed by atoms with Gasteiger partial charge in [-0.25, -0.2) is 4.98 Å². The third-order valence-corrected chi connectivity index (χ3v) is 4.53. The van der Waals surface area contributed by atoms with E-state index in [1.165, 1.54) is 16.5 Å². The molecule has 0 amide bonds. The molecule has 1 saturated heterocycles. The lowest BCUT2D eigenvalue weighted by Gasteiger charge is -2.21. The maximum Gasteiger partial charge on any atom is 0.111 e. The molecule has 0 aromatic carbocycles. The van der Waals surface area contributed by atoms with Crippen LogP contribution in [0.1, 0.15) is 37.5 Å². The van der Waals surface area contributed by atoms with E-state index in [2.05, 4.69) is 31.5 Å². The normalized spacial score (nSPS) is 23.0. The summed E-state index contributed by atoms with van der Waals surface area (Å²) in [7, 11) is 0. The van der Waals surface area contributed by atoms with Gasteiger partial charge < -0.3 is 5.32 Å². The molecule has 0 saturated carbocycles. The average Bonchev–Trinajstić information content (AvgIpc) is 2.67. The smallest absolute Gasteiger partial charge is 0.111 e. The van der Waals surface area contributed by atoms with Gasteiger partial charge in [0.05, 0.1) is 11.7 Å². The average molecular weight is 242 g/mol. The van der Waals surface area contributed by atoms with E-state index in [0.717, 1.165) is 12.3 Å². The first-order valence-electron chi connectivity index (χ1n) is 5.34. The summed E-state index contributed by atoms with van der Waals surface area (Å²) in [5.41, 5.74) is 1.40. The molecule has 0 spiro atoms. The zero-order valence-corrected chi connectivity index (χ0v) is 11.2. The highest BCUT2D eigenvalue weighted by Gasteiger charge is 2.22. The highest BCUT2D eigenvalue weighted by Crippen LogP contribution is 2.29. The predicted molar refractivity (Wildman–Crippen MR) is 68.9 cm³/mol. The standard InChI is InChI=1S/C11H18N2S2/c1-11(2,3)9-7-15-10(13-9)8-6-14-5-4-12-8/h7-8,12H,4-6H2,1-3H3. The van der Waals surface area contributed by atoms with Crippen molar-refractivity contribution in [3.05, 3.63) is 16.1 Å². The molecule has 2 nitrogen and oxygen atoms in total. The van der Waals surface area contributed by atoms with Crippen molar-refractivity contribution in [1.82, 2.24) is 10.3 Å². The third-order valence-electron chi connectivity index (χ3n) is 2.51. The lowest BCUT2D eigenvalue weighted by molar-refractivity contribution is 0.554. The molecule has 1 atom stereocenters. The number of rotatable bonds is 1. The van der Waals surface area contributed by atoms with Gasteiger partial charge in [0.15, 0.2) is 0 Å². The summed E-state index contributed by atoms with van der Waals surface area (Å²) in [5, 5.41) is 6.99. The summed E-state index contributed by atoms with van der Waals surface area (Å²) < 4.78 is 0. The van der Waals surface area contributed by atoms with Crippen molar-refractivity contribution in [3.8, 4) is 0 Å². The van der Waals surface area contributed by atoms with Crippen molar-refractivity contribution in [2.24, 2.45) is 0 Å². The second-order valence-corrected chi connectivity index (χ2v) is 6.94. The van der Waals surface area contributed by atoms with Crippen LogP contribution < -0.4 is 5.32 Å². The van der Waals surface area contributed by atoms with E-state index < -0.39 is 0 Å². The van der Waals surface area contributed by atoms with Crippen molar-refractivity contribution in [1.29, 1.82) is 0 Å². The Morgan fingerprint density at radius 2 is 2.27 bits per heavy atom. The highest BCUT2D eigenvalue weighted by atomic mass is 32.2. The number of thiazole rings is 1. The molecule has 1 aromatic heterocycles. The number of nitrogens with one attached hydrogen (secondary N) is 1. The van der Waals surface area contributed by atoms with Gasteiger partial charge in [-0.2, -0.15) is 11.8 Å². The molecule has 2 heterocycles. The first kappa shape index (κ1) is 11.4. The van der Waals surface area contributed by atoms with Crippen LogP contribution in [0.4, 0.5) is 0 Å². The first-order chi connectivity index (χ1) is 7.07. The van der Waals surface area contributed by atoms with Gasteiger partial charge in [0.25, 0.3) is 0 Å². The van der Waals surface area contributed by atoms with Crippen LogP contribution in [0.3, 0.4) is 0 Å². The quantitative estimate of drug-likeness (QED) is 0.820. The van der Waals surface area contributed by atoms with Gasteiger partial charge >= 0.3 is 0 Å². The molecule has 1 unspecified atom stereocenters. The van der Waals surface area contributed by atoms with Gasteiger partial charge in [0.2, 0.25) is 0 Å². The molecule has 1 aromatic rings. The van der Waals surface area contributed by atoms with Crippen LogP contribution in [0.2, 0.25) is 0 Å². The van der Waals surface area contributed by atoms with Gasteiger partial charge in [-0.3, -0.25) is 0 Å². The molecule has 4 heteroatoms. The first-order valence-corrected chi connectivity index (χ1v) is 7.38. The molecule has 1 N–H and O–H groups in total. The van der Waals surface area contributed by atoms with Crippen molar-refractivity contribution in [2.45, 2.75) is 32.2 Å². The van der Waals surface area contributed by atoms with E-state index in [0.29, 0.717) is 6.04 Å². The SMILES string of the molecule is CC(C)(C)c1csc(C2CSCCN2)n1. The Hall–Kier alpha value is -0.0600. The van der Waals surface area contributed by atoms with E-state index >= 15 is 0 Å². The maximum absolute atomic E-state index is 4.75. The summed E-state index contributed by atoms with van der Waals surface area (Å²) in [6, 6.07) is 0.477. The molecule has 15 heavy (non-hydrogen) atoms. The van der Waals surface area contributed by atoms with Crippen LogP contribution >= 0.6 is 23.1 Å². The molecule has 1 fully saturated rings. The molecule has 0 bridgehead atoms. The number of hydrogen-bond acceptors (Lipinski definition) is 4. The van der Waals surface area contributed by atoms with Gasteiger partial charge in [0.1, 0.15) is 5.01 Å². The van der Waals surface area contributed by atoms with E-state index in [-0.39, 0.29) is 5.41 Å². The van der Waals surface area contributed by atoms with E-state index in [1.54, 1.807) is 11.3 Å². The lowest BCUT2D eigenvalue weighted by atomic mass is 9.93. The summed E-state index contributed by atoms with van der Waals surface area (Å²) in [6.07, 6.45) is 0. The molecule has 0 radical (unpaired) electrons. The molecular weight excluding hydrogens is 224 g/mol. The molecule has 1 aliphatic rings. The Morgan fingerprint density at radius 3 is 2.80 bits per heavy atom. The topological polar surface area (TPSA) is 24.9 Å². The molecule has 1 aliphatic heterocycles. The Labute approximate surface area is 99.9 Å². The summed E-state index contributed by atoms with van der Waals surface area (Å²) in [6.45, 7) is 7.76. The van der Waals surface area contributed by atoms with Crippen LogP contribution in [0, 0.1) is 0 Å². The Balaban J connectivity index is 2.12. The fraction of sp³-hybridized carbons (Fsp3) is 0.727. The minimum absolute atomic E-state index is 0.177.